The van der Waals surface area contributed by atoms with Crippen LogP contribution >= 0.6 is 23.4 Å². The standard InChI is InChI=1S/C14H12ClN3O3S2/c15-9-1-4-13(16-8-9)18-23(20,21)10-2-3-12-11(7-10)17-14(19)5-6-22-12/h1-4,7-8H,5-6H2,(H,16,18)(H,17,19). The summed E-state index contributed by atoms with van der Waals surface area (Å²) in [6, 6.07) is 7.65. The molecular formula is C14H12ClN3O3S2. The Labute approximate surface area is 142 Å². The van der Waals surface area contributed by atoms with Gasteiger partial charge in [0.05, 0.1) is 15.6 Å². The van der Waals surface area contributed by atoms with Gasteiger partial charge in [0.15, 0.2) is 0 Å². The molecule has 0 unspecified atom stereocenters. The van der Waals surface area contributed by atoms with Gasteiger partial charge >= 0.3 is 0 Å². The van der Waals surface area contributed by atoms with Crippen LogP contribution in [0.5, 0.6) is 0 Å². The number of pyridine rings is 1. The Bertz CT molecular complexity index is 854. The van der Waals surface area contributed by atoms with Gasteiger partial charge in [-0.25, -0.2) is 13.4 Å². The van der Waals surface area contributed by atoms with Crippen molar-refractivity contribution in [2.24, 2.45) is 0 Å². The molecule has 9 heteroatoms. The van der Waals surface area contributed by atoms with Crippen LogP contribution in [0.2, 0.25) is 5.02 Å². The fraction of sp³-hybridized carbons (Fsp3) is 0.143. The zero-order valence-electron chi connectivity index (χ0n) is 11.7. The third-order valence-electron chi connectivity index (χ3n) is 3.09. The second kappa shape index (κ2) is 6.38. The number of hydrogen-bond donors (Lipinski definition) is 2. The van der Waals surface area contributed by atoms with E-state index in [1.807, 2.05) is 0 Å². The van der Waals surface area contributed by atoms with E-state index in [0.717, 1.165) is 4.90 Å². The Hall–Kier alpha value is -1.77. The number of fused-ring (bicyclic) bond motifs is 1. The van der Waals surface area contributed by atoms with Crippen LogP contribution in [-0.2, 0) is 14.8 Å². The Morgan fingerprint density at radius 2 is 2.09 bits per heavy atom. The average molecular weight is 370 g/mol. The van der Waals surface area contributed by atoms with E-state index in [4.69, 9.17) is 11.6 Å². The predicted molar refractivity (Wildman–Crippen MR) is 90.5 cm³/mol. The molecule has 0 radical (unpaired) electrons. The number of nitrogens with one attached hydrogen (secondary N) is 2. The van der Waals surface area contributed by atoms with Gasteiger partial charge in [0.2, 0.25) is 5.91 Å². The summed E-state index contributed by atoms with van der Waals surface area (Å²) in [6.45, 7) is 0. The van der Waals surface area contributed by atoms with E-state index in [9.17, 15) is 13.2 Å². The van der Waals surface area contributed by atoms with Crippen LogP contribution in [0.4, 0.5) is 11.5 Å². The maximum absolute atomic E-state index is 12.4. The fourth-order valence-corrected chi connectivity index (χ4v) is 4.08. The van der Waals surface area contributed by atoms with E-state index in [1.54, 1.807) is 12.1 Å². The summed E-state index contributed by atoms with van der Waals surface area (Å²) in [5.74, 6) is 0.707. The molecule has 1 aromatic carbocycles. The number of sulfonamides is 1. The molecule has 6 nitrogen and oxygen atoms in total. The summed E-state index contributed by atoms with van der Waals surface area (Å²) >= 11 is 7.24. The van der Waals surface area contributed by atoms with Crippen molar-refractivity contribution in [3.05, 3.63) is 41.6 Å². The molecule has 0 atom stereocenters. The van der Waals surface area contributed by atoms with Crippen LogP contribution < -0.4 is 10.0 Å². The van der Waals surface area contributed by atoms with Crippen molar-refractivity contribution < 1.29 is 13.2 Å². The molecule has 2 aromatic rings. The van der Waals surface area contributed by atoms with Gasteiger partial charge in [0.25, 0.3) is 10.0 Å². The van der Waals surface area contributed by atoms with Crippen LogP contribution in [0.15, 0.2) is 46.3 Å². The van der Waals surface area contributed by atoms with Crippen molar-refractivity contribution in [1.82, 2.24) is 4.98 Å². The highest BCUT2D eigenvalue weighted by Gasteiger charge is 2.19. The number of thioether (sulfide) groups is 1. The first-order valence-electron chi connectivity index (χ1n) is 6.65. The quantitative estimate of drug-likeness (QED) is 0.868. The summed E-state index contributed by atoms with van der Waals surface area (Å²) in [7, 11) is -3.81. The number of carbonyl (C=O) groups excluding carboxylic acids is 1. The molecule has 0 saturated carbocycles. The summed E-state index contributed by atoms with van der Waals surface area (Å²) in [4.78, 5) is 16.4. The average Bonchev–Trinajstić information content (AvgIpc) is 2.69. The number of anilines is 2. The summed E-state index contributed by atoms with van der Waals surface area (Å²) in [5.41, 5.74) is 0.504. The molecule has 120 valence electrons. The van der Waals surface area contributed by atoms with Crippen LogP contribution in [-0.4, -0.2) is 25.1 Å². The molecule has 0 aliphatic carbocycles. The highest BCUT2D eigenvalue weighted by Crippen LogP contribution is 2.32. The van der Waals surface area contributed by atoms with E-state index in [2.05, 4.69) is 15.0 Å². The minimum absolute atomic E-state index is 0.0517. The van der Waals surface area contributed by atoms with Gasteiger partial charge in [-0.05, 0) is 30.3 Å². The number of amides is 1. The summed E-state index contributed by atoms with van der Waals surface area (Å²) in [6.07, 6.45) is 1.75. The number of benzene rings is 1. The van der Waals surface area contributed by atoms with Crippen LogP contribution in [0.25, 0.3) is 0 Å². The minimum Gasteiger partial charge on any atom is -0.325 e. The molecular weight excluding hydrogens is 358 g/mol. The third-order valence-corrected chi connectivity index (χ3v) is 5.74. The van der Waals surface area contributed by atoms with Crippen molar-refractivity contribution in [2.45, 2.75) is 16.2 Å². The topological polar surface area (TPSA) is 88.2 Å². The van der Waals surface area contributed by atoms with Gasteiger partial charge in [0, 0.05) is 23.3 Å². The van der Waals surface area contributed by atoms with Crippen molar-refractivity contribution in [3.8, 4) is 0 Å². The first kappa shape index (κ1) is 16.1. The minimum atomic E-state index is -3.81. The summed E-state index contributed by atoms with van der Waals surface area (Å²) in [5, 5.41) is 3.14. The lowest BCUT2D eigenvalue weighted by Gasteiger charge is -2.11. The zero-order valence-corrected chi connectivity index (χ0v) is 14.1. The monoisotopic (exact) mass is 369 g/mol. The molecule has 23 heavy (non-hydrogen) atoms. The van der Waals surface area contributed by atoms with Crippen molar-refractivity contribution in [1.29, 1.82) is 0 Å². The molecule has 2 heterocycles. The second-order valence-corrected chi connectivity index (χ2v) is 8.03. The number of nitrogens with zero attached hydrogens (tertiary/aromatic N) is 1. The molecule has 0 bridgehead atoms. The summed E-state index contributed by atoms with van der Waals surface area (Å²) < 4.78 is 27.3. The van der Waals surface area contributed by atoms with Crippen LogP contribution in [0.3, 0.4) is 0 Å². The Morgan fingerprint density at radius 3 is 2.83 bits per heavy atom. The first-order chi connectivity index (χ1) is 10.9. The lowest BCUT2D eigenvalue weighted by atomic mass is 10.3. The number of aromatic nitrogens is 1. The lowest BCUT2D eigenvalue weighted by Crippen LogP contribution is -2.15. The maximum atomic E-state index is 12.4. The van der Waals surface area contributed by atoms with Gasteiger partial charge in [0.1, 0.15) is 5.82 Å². The Kier molecular flexibility index (Phi) is 4.47. The number of carbonyl (C=O) groups is 1. The van der Waals surface area contributed by atoms with E-state index < -0.39 is 10.0 Å². The second-order valence-electron chi connectivity index (χ2n) is 4.77. The number of rotatable bonds is 3. The van der Waals surface area contributed by atoms with Crippen LogP contribution in [0, 0.1) is 0 Å². The van der Waals surface area contributed by atoms with Gasteiger partial charge in [-0.1, -0.05) is 11.6 Å². The van der Waals surface area contributed by atoms with Gasteiger partial charge in [-0.3, -0.25) is 9.52 Å². The van der Waals surface area contributed by atoms with E-state index in [-0.39, 0.29) is 16.6 Å². The van der Waals surface area contributed by atoms with E-state index in [0.29, 0.717) is 22.9 Å². The molecule has 3 rings (SSSR count). The van der Waals surface area contributed by atoms with Gasteiger partial charge < -0.3 is 5.32 Å². The zero-order chi connectivity index (χ0) is 16.4. The SMILES string of the molecule is O=C1CCSc2ccc(S(=O)(=O)Nc3ccc(Cl)cn3)cc2N1. The molecule has 2 N–H and O–H groups in total. The number of hydrogen-bond acceptors (Lipinski definition) is 5. The van der Waals surface area contributed by atoms with Crippen LogP contribution in [0.1, 0.15) is 6.42 Å². The largest absolute Gasteiger partial charge is 0.325 e. The fourth-order valence-electron chi connectivity index (χ4n) is 2.00. The Morgan fingerprint density at radius 1 is 1.26 bits per heavy atom. The molecule has 0 saturated heterocycles. The predicted octanol–water partition coefficient (Wildman–Crippen LogP) is 2.97. The Balaban J connectivity index is 1.91. The smallest absolute Gasteiger partial charge is 0.263 e. The highest BCUT2D eigenvalue weighted by atomic mass is 35.5. The molecule has 1 aliphatic rings. The first-order valence-corrected chi connectivity index (χ1v) is 9.50. The van der Waals surface area contributed by atoms with Crippen molar-refractivity contribution in [3.63, 3.8) is 0 Å². The van der Waals surface area contributed by atoms with Crippen molar-refractivity contribution >= 4 is 50.8 Å². The molecule has 1 aromatic heterocycles. The number of halogens is 1. The lowest BCUT2D eigenvalue weighted by molar-refractivity contribution is -0.115. The normalized spacial score (nSPS) is 14.6. The molecule has 1 aliphatic heterocycles. The third kappa shape index (κ3) is 3.77. The van der Waals surface area contributed by atoms with Gasteiger partial charge in [-0.15, -0.1) is 11.8 Å². The molecule has 0 spiro atoms. The van der Waals surface area contributed by atoms with E-state index in [1.165, 1.54) is 36.2 Å². The highest BCUT2D eigenvalue weighted by molar-refractivity contribution is 7.99. The maximum Gasteiger partial charge on any atom is 0.263 e. The molecule has 1 amide bonds. The molecule has 0 fully saturated rings. The van der Waals surface area contributed by atoms with Gasteiger partial charge in [-0.2, -0.15) is 0 Å². The van der Waals surface area contributed by atoms with Crippen molar-refractivity contribution in [2.75, 3.05) is 15.8 Å². The van der Waals surface area contributed by atoms with E-state index >= 15 is 0 Å².